The van der Waals surface area contributed by atoms with Crippen molar-refractivity contribution in [3.05, 3.63) is 58.8 Å². The van der Waals surface area contributed by atoms with E-state index in [9.17, 15) is 14.4 Å². The SMILES string of the molecule is CCOC(=O)[C@H](C)Oc1cc(O[C@H](C)C(=O)OCC)c2c(=O)cc(-c3ccccc3)oc2c1. The van der Waals surface area contributed by atoms with E-state index in [2.05, 4.69) is 0 Å². The van der Waals surface area contributed by atoms with Crippen LogP contribution < -0.4 is 14.9 Å². The molecule has 3 aromatic rings. The molecule has 2 atom stereocenters. The minimum Gasteiger partial charge on any atom is -0.479 e. The Bertz CT molecular complexity index is 1180. The highest BCUT2D eigenvalue weighted by Crippen LogP contribution is 2.33. The molecule has 0 saturated heterocycles. The Morgan fingerprint density at radius 3 is 2.09 bits per heavy atom. The molecule has 0 aliphatic rings. The fraction of sp³-hybridized carbons (Fsp3) is 0.320. The van der Waals surface area contributed by atoms with Gasteiger partial charge in [-0.2, -0.15) is 0 Å². The largest absolute Gasteiger partial charge is 0.479 e. The first-order chi connectivity index (χ1) is 15.8. The lowest BCUT2D eigenvalue weighted by Crippen LogP contribution is -2.27. The van der Waals surface area contributed by atoms with E-state index < -0.39 is 24.1 Å². The van der Waals surface area contributed by atoms with Crippen LogP contribution in [0.2, 0.25) is 0 Å². The molecule has 8 nitrogen and oxygen atoms in total. The van der Waals surface area contributed by atoms with Gasteiger partial charge in [-0.15, -0.1) is 0 Å². The number of fused-ring (bicyclic) bond motifs is 1. The van der Waals surface area contributed by atoms with Gasteiger partial charge in [-0.3, -0.25) is 4.79 Å². The highest BCUT2D eigenvalue weighted by molar-refractivity contribution is 5.87. The van der Waals surface area contributed by atoms with Crippen LogP contribution in [-0.4, -0.2) is 37.4 Å². The second-order valence-electron chi connectivity index (χ2n) is 7.16. The molecule has 0 N–H and O–H groups in total. The summed E-state index contributed by atoms with van der Waals surface area (Å²) in [5.41, 5.74) is 0.539. The van der Waals surface area contributed by atoms with Crippen LogP contribution in [0.3, 0.4) is 0 Å². The lowest BCUT2D eigenvalue weighted by atomic mass is 10.1. The van der Waals surface area contributed by atoms with Gasteiger partial charge in [0.15, 0.2) is 17.6 Å². The number of esters is 2. The van der Waals surface area contributed by atoms with Crippen molar-refractivity contribution in [2.45, 2.75) is 39.9 Å². The van der Waals surface area contributed by atoms with E-state index in [1.54, 1.807) is 20.8 Å². The molecule has 0 aliphatic heterocycles. The summed E-state index contributed by atoms with van der Waals surface area (Å²) in [6.45, 7) is 6.84. The number of ether oxygens (including phenoxy) is 4. The molecule has 174 valence electrons. The van der Waals surface area contributed by atoms with Crippen molar-refractivity contribution in [1.29, 1.82) is 0 Å². The zero-order valence-electron chi connectivity index (χ0n) is 19.0. The second-order valence-corrected chi connectivity index (χ2v) is 7.16. The van der Waals surface area contributed by atoms with Crippen LogP contribution in [-0.2, 0) is 19.1 Å². The summed E-state index contributed by atoms with van der Waals surface area (Å²) in [6.07, 6.45) is -1.90. The molecule has 3 rings (SSSR count). The second kappa shape index (κ2) is 10.7. The van der Waals surface area contributed by atoms with E-state index in [4.69, 9.17) is 23.4 Å². The molecule has 1 aromatic heterocycles. The van der Waals surface area contributed by atoms with Gasteiger partial charge in [-0.25, -0.2) is 9.59 Å². The van der Waals surface area contributed by atoms with Gasteiger partial charge in [0, 0.05) is 23.8 Å². The molecule has 33 heavy (non-hydrogen) atoms. The van der Waals surface area contributed by atoms with E-state index in [-0.39, 0.29) is 41.1 Å². The zero-order chi connectivity index (χ0) is 24.0. The fourth-order valence-electron chi connectivity index (χ4n) is 3.14. The maximum absolute atomic E-state index is 13.0. The van der Waals surface area contributed by atoms with Crippen molar-refractivity contribution in [2.24, 2.45) is 0 Å². The minimum atomic E-state index is -0.987. The molecule has 0 fully saturated rings. The summed E-state index contributed by atoms with van der Waals surface area (Å²) >= 11 is 0. The smallest absolute Gasteiger partial charge is 0.347 e. The number of benzene rings is 2. The third kappa shape index (κ3) is 5.71. The number of hydrogen-bond donors (Lipinski definition) is 0. The van der Waals surface area contributed by atoms with Crippen LogP contribution in [0.5, 0.6) is 11.5 Å². The van der Waals surface area contributed by atoms with Crippen LogP contribution in [0.1, 0.15) is 27.7 Å². The van der Waals surface area contributed by atoms with Crippen molar-refractivity contribution in [3.63, 3.8) is 0 Å². The van der Waals surface area contributed by atoms with E-state index >= 15 is 0 Å². The van der Waals surface area contributed by atoms with Crippen molar-refractivity contribution >= 4 is 22.9 Å². The van der Waals surface area contributed by atoms with Gasteiger partial charge in [0.2, 0.25) is 0 Å². The van der Waals surface area contributed by atoms with Gasteiger partial charge in [-0.1, -0.05) is 30.3 Å². The summed E-state index contributed by atoms with van der Waals surface area (Å²) in [6, 6.07) is 13.4. The molecular formula is C25H26O8. The lowest BCUT2D eigenvalue weighted by molar-refractivity contribution is -0.151. The molecule has 0 bridgehead atoms. The molecule has 0 spiro atoms. The summed E-state index contributed by atoms with van der Waals surface area (Å²) in [7, 11) is 0. The Morgan fingerprint density at radius 2 is 1.48 bits per heavy atom. The van der Waals surface area contributed by atoms with Gasteiger partial charge >= 0.3 is 11.9 Å². The average Bonchev–Trinajstić information content (AvgIpc) is 2.79. The Balaban J connectivity index is 2.09. The molecule has 8 heteroatoms. The highest BCUT2D eigenvalue weighted by atomic mass is 16.6. The molecule has 0 amide bonds. The quantitative estimate of drug-likeness (QED) is 0.445. The molecule has 0 aliphatic carbocycles. The molecule has 0 unspecified atom stereocenters. The minimum absolute atomic E-state index is 0.0764. The van der Waals surface area contributed by atoms with E-state index in [0.29, 0.717) is 11.3 Å². The van der Waals surface area contributed by atoms with E-state index in [1.165, 1.54) is 25.1 Å². The van der Waals surface area contributed by atoms with Crippen LogP contribution in [0.15, 0.2) is 57.7 Å². The van der Waals surface area contributed by atoms with E-state index in [0.717, 1.165) is 0 Å². The summed E-state index contributed by atoms with van der Waals surface area (Å²) < 4.78 is 27.5. The molecule has 0 radical (unpaired) electrons. The Morgan fingerprint density at radius 1 is 0.879 bits per heavy atom. The molecule has 1 heterocycles. The van der Waals surface area contributed by atoms with Crippen LogP contribution in [0.4, 0.5) is 0 Å². The zero-order valence-corrected chi connectivity index (χ0v) is 19.0. The first-order valence-corrected chi connectivity index (χ1v) is 10.7. The van der Waals surface area contributed by atoms with Gasteiger partial charge in [0.1, 0.15) is 28.2 Å². The van der Waals surface area contributed by atoms with Crippen molar-refractivity contribution in [2.75, 3.05) is 13.2 Å². The Hall–Kier alpha value is -3.81. The molecule has 0 saturated carbocycles. The number of hydrogen-bond acceptors (Lipinski definition) is 8. The predicted molar refractivity (Wildman–Crippen MR) is 121 cm³/mol. The van der Waals surface area contributed by atoms with E-state index in [1.807, 2.05) is 30.3 Å². The van der Waals surface area contributed by atoms with Gasteiger partial charge in [-0.05, 0) is 27.7 Å². The molecular weight excluding hydrogens is 428 g/mol. The summed E-state index contributed by atoms with van der Waals surface area (Å²) in [5.74, 6) is -0.482. The van der Waals surface area contributed by atoms with Gasteiger partial charge < -0.3 is 23.4 Å². The number of rotatable bonds is 9. The first-order valence-electron chi connectivity index (χ1n) is 10.7. The van der Waals surface area contributed by atoms with Crippen molar-refractivity contribution in [1.82, 2.24) is 0 Å². The first kappa shape index (κ1) is 23.8. The van der Waals surface area contributed by atoms with Crippen LogP contribution >= 0.6 is 0 Å². The average molecular weight is 454 g/mol. The Kier molecular flexibility index (Phi) is 7.71. The third-order valence-corrected chi connectivity index (χ3v) is 4.68. The van der Waals surface area contributed by atoms with Crippen molar-refractivity contribution < 1.29 is 33.0 Å². The maximum Gasteiger partial charge on any atom is 0.347 e. The predicted octanol–water partition coefficient (Wildman–Crippen LogP) is 4.12. The number of carbonyl (C=O) groups excluding carboxylic acids is 2. The lowest BCUT2D eigenvalue weighted by Gasteiger charge is -2.18. The summed E-state index contributed by atoms with van der Waals surface area (Å²) in [5, 5.41) is 0.141. The maximum atomic E-state index is 13.0. The standard InChI is InChI=1S/C25H26O8/c1-5-29-24(27)15(3)31-18-12-21(32-16(4)25(28)30-6-2)23-19(26)14-20(33-22(23)13-18)17-10-8-7-9-11-17/h7-16H,5-6H2,1-4H3/t15-,16+/m0/s1. The molecule has 2 aromatic carbocycles. The van der Waals surface area contributed by atoms with Crippen LogP contribution in [0, 0.1) is 0 Å². The van der Waals surface area contributed by atoms with Crippen molar-refractivity contribution in [3.8, 4) is 22.8 Å². The highest BCUT2D eigenvalue weighted by Gasteiger charge is 2.22. The summed E-state index contributed by atoms with van der Waals surface area (Å²) in [4.78, 5) is 37.1. The fourth-order valence-corrected chi connectivity index (χ4v) is 3.14. The Labute approximate surface area is 191 Å². The topological polar surface area (TPSA) is 101 Å². The monoisotopic (exact) mass is 454 g/mol. The van der Waals surface area contributed by atoms with Gasteiger partial charge in [0.25, 0.3) is 0 Å². The third-order valence-electron chi connectivity index (χ3n) is 4.68. The number of carbonyl (C=O) groups is 2. The van der Waals surface area contributed by atoms with Gasteiger partial charge in [0.05, 0.1) is 13.2 Å². The van der Waals surface area contributed by atoms with Crippen LogP contribution in [0.25, 0.3) is 22.3 Å². The normalized spacial score (nSPS) is 12.6.